The fourth-order valence-electron chi connectivity index (χ4n) is 4.19. The van der Waals surface area contributed by atoms with E-state index in [-0.39, 0.29) is 11.9 Å². The summed E-state index contributed by atoms with van der Waals surface area (Å²) in [5.74, 6) is -0.439. The lowest BCUT2D eigenvalue weighted by atomic mass is 10.1. The van der Waals surface area contributed by atoms with Crippen LogP contribution < -0.4 is 0 Å². The van der Waals surface area contributed by atoms with Gasteiger partial charge in [0.05, 0.1) is 12.2 Å². The van der Waals surface area contributed by atoms with E-state index in [2.05, 4.69) is 12.1 Å². The van der Waals surface area contributed by atoms with Crippen LogP contribution in [0.15, 0.2) is 60.7 Å². The van der Waals surface area contributed by atoms with Crippen LogP contribution in [-0.2, 0) is 24.2 Å². The van der Waals surface area contributed by atoms with E-state index in [0.29, 0.717) is 43.1 Å². The number of benzene rings is 2. The fourth-order valence-corrected chi connectivity index (χ4v) is 4.19. The first-order valence-corrected chi connectivity index (χ1v) is 11.2. The Labute approximate surface area is 190 Å². The number of esters is 1. The zero-order valence-electron chi connectivity index (χ0n) is 19.4. The van der Waals surface area contributed by atoms with E-state index < -0.39 is 0 Å². The maximum atomic E-state index is 13.8. The predicted octanol–water partition coefficient (Wildman–Crippen LogP) is 5.19. The molecular weight excluding hydrogens is 400 g/mol. The van der Waals surface area contributed by atoms with Crippen molar-refractivity contribution in [2.24, 2.45) is 0 Å². The topological polar surface area (TPSA) is 51.5 Å². The van der Waals surface area contributed by atoms with Gasteiger partial charge in [-0.15, -0.1) is 0 Å². The van der Waals surface area contributed by atoms with E-state index in [4.69, 9.17) is 4.74 Å². The summed E-state index contributed by atoms with van der Waals surface area (Å²) in [6.45, 7) is 9.50. The number of ether oxygens (including phenoxy) is 1. The SMILES string of the molecule is CCOC(=O)c1c(C)c(C(=O)N(CCc2ccccc2)Cc2ccccc2)c(C)n1CC. The molecule has 0 saturated heterocycles. The molecule has 2 aromatic carbocycles. The van der Waals surface area contributed by atoms with Gasteiger partial charge in [-0.2, -0.15) is 0 Å². The van der Waals surface area contributed by atoms with Gasteiger partial charge in [0.15, 0.2) is 0 Å². The Bertz CT molecular complexity index is 1060. The molecule has 0 spiro atoms. The molecule has 1 amide bonds. The third-order valence-corrected chi connectivity index (χ3v) is 5.78. The number of carbonyl (C=O) groups excluding carboxylic acids is 2. The lowest BCUT2D eigenvalue weighted by Gasteiger charge is -2.24. The lowest BCUT2D eigenvalue weighted by Crippen LogP contribution is -2.33. The monoisotopic (exact) mass is 432 g/mol. The molecule has 0 fully saturated rings. The molecule has 3 aromatic rings. The van der Waals surface area contributed by atoms with Gasteiger partial charge in [-0.25, -0.2) is 4.79 Å². The first-order valence-electron chi connectivity index (χ1n) is 11.2. The summed E-state index contributed by atoms with van der Waals surface area (Å²) in [7, 11) is 0. The summed E-state index contributed by atoms with van der Waals surface area (Å²) in [4.78, 5) is 28.4. The van der Waals surface area contributed by atoms with Gasteiger partial charge in [-0.1, -0.05) is 60.7 Å². The number of carbonyl (C=O) groups is 2. The summed E-state index contributed by atoms with van der Waals surface area (Å²) in [6.07, 6.45) is 0.761. The third kappa shape index (κ3) is 5.10. The van der Waals surface area contributed by atoms with Gasteiger partial charge < -0.3 is 14.2 Å². The van der Waals surface area contributed by atoms with Crippen molar-refractivity contribution in [1.29, 1.82) is 0 Å². The quantitative estimate of drug-likeness (QED) is 0.438. The van der Waals surface area contributed by atoms with Crippen LogP contribution in [0.4, 0.5) is 0 Å². The zero-order valence-corrected chi connectivity index (χ0v) is 19.4. The summed E-state index contributed by atoms with van der Waals surface area (Å²) in [5.41, 5.74) is 4.81. The number of aromatic nitrogens is 1. The molecule has 0 aliphatic heterocycles. The summed E-state index contributed by atoms with van der Waals surface area (Å²) in [5, 5.41) is 0. The highest BCUT2D eigenvalue weighted by atomic mass is 16.5. The molecule has 0 saturated carbocycles. The van der Waals surface area contributed by atoms with E-state index in [1.807, 2.05) is 78.8 Å². The van der Waals surface area contributed by atoms with Crippen LogP contribution in [0.3, 0.4) is 0 Å². The molecule has 5 heteroatoms. The molecule has 0 aliphatic carbocycles. The molecule has 1 aromatic heterocycles. The summed E-state index contributed by atoms with van der Waals surface area (Å²) < 4.78 is 7.16. The Morgan fingerprint density at radius 1 is 0.906 bits per heavy atom. The second-order valence-electron chi connectivity index (χ2n) is 7.85. The minimum Gasteiger partial charge on any atom is -0.461 e. The summed E-state index contributed by atoms with van der Waals surface area (Å²) in [6, 6.07) is 20.2. The van der Waals surface area contributed by atoms with Crippen LogP contribution in [0.1, 0.15) is 57.1 Å². The first kappa shape index (κ1) is 23.3. The maximum absolute atomic E-state index is 13.8. The van der Waals surface area contributed by atoms with Gasteiger partial charge in [-0.05, 0) is 50.8 Å². The Morgan fingerprint density at radius 3 is 2.06 bits per heavy atom. The second-order valence-corrected chi connectivity index (χ2v) is 7.85. The van der Waals surface area contributed by atoms with Crippen LogP contribution in [0.25, 0.3) is 0 Å². The predicted molar refractivity (Wildman–Crippen MR) is 127 cm³/mol. The third-order valence-electron chi connectivity index (χ3n) is 5.78. The highest BCUT2D eigenvalue weighted by Gasteiger charge is 2.29. The molecule has 1 heterocycles. The van der Waals surface area contributed by atoms with E-state index in [1.54, 1.807) is 6.92 Å². The Hall–Kier alpha value is -3.34. The van der Waals surface area contributed by atoms with Crippen molar-refractivity contribution < 1.29 is 14.3 Å². The van der Waals surface area contributed by atoms with Crippen LogP contribution in [0, 0.1) is 13.8 Å². The van der Waals surface area contributed by atoms with Crippen molar-refractivity contribution >= 4 is 11.9 Å². The van der Waals surface area contributed by atoms with Crippen molar-refractivity contribution in [1.82, 2.24) is 9.47 Å². The Morgan fingerprint density at radius 2 is 1.50 bits per heavy atom. The number of nitrogens with zero attached hydrogens (tertiary/aromatic N) is 2. The van der Waals surface area contributed by atoms with Crippen LogP contribution in [0.5, 0.6) is 0 Å². The second kappa shape index (κ2) is 10.8. The molecule has 168 valence electrons. The Balaban J connectivity index is 1.97. The highest BCUT2D eigenvalue weighted by molar-refractivity contribution is 6.01. The van der Waals surface area contributed by atoms with Crippen molar-refractivity contribution in [2.45, 2.75) is 47.2 Å². The van der Waals surface area contributed by atoms with Crippen molar-refractivity contribution in [3.63, 3.8) is 0 Å². The van der Waals surface area contributed by atoms with Gasteiger partial charge in [0.25, 0.3) is 5.91 Å². The number of rotatable bonds is 9. The van der Waals surface area contributed by atoms with Gasteiger partial charge >= 0.3 is 5.97 Å². The fraction of sp³-hybridized carbons (Fsp3) is 0.333. The molecule has 3 rings (SSSR count). The van der Waals surface area contributed by atoms with E-state index in [0.717, 1.165) is 17.7 Å². The minimum absolute atomic E-state index is 0.0578. The molecule has 0 atom stereocenters. The number of hydrogen-bond donors (Lipinski definition) is 0. The van der Waals surface area contributed by atoms with Gasteiger partial charge in [0.1, 0.15) is 5.69 Å². The standard InChI is InChI=1S/C27H32N2O3/c1-5-29-21(4)24(20(3)25(29)27(31)32-6-2)26(30)28(19-23-15-11-8-12-16-23)18-17-22-13-9-7-10-14-22/h7-16H,5-6,17-19H2,1-4H3. The average Bonchev–Trinajstić information content (AvgIpc) is 3.07. The maximum Gasteiger partial charge on any atom is 0.355 e. The average molecular weight is 433 g/mol. The van der Waals surface area contributed by atoms with Crippen molar-refractivity contribution in [3.8, 4) is 0 Å². The highest BCUT2D eigenvalue weighted by Crippen LogP contribution is 2.25. The minimum atomic E-state index is -0.382. The molecule has 5 nitrogen and oxygen atoms in total. The normalized spacial score (nSPS) is 10.8. The van der Waals surface area contributed by atoms with E-state index in [9.17, 15) is 9.59 Å². The van der Waals surface area contributed by atoms with Crippen LogP contribution in [-0.4, -0.2) is 34.5 Å². The first-order chi connectivity index (χ1) is 15.5. The smallest absolute Gasteiger partial charge is 0.355 e. The molecule has 0 radical (unpaired) electrons. The summed E-state index contributed by atoms with van der Waals surface area (Å²) >= 11 is 0. The number of amides is 1. The van der Waals surface area contributed by atoms with Gasteiger partial charge in [0.2, 0.25) is 0 Å². The lowest BCUT2D eigenvalue weighted by molar-refractivity contribution is 0.0512. The van der Waals surface area contributed by atoms with E-state index >= 15 is 0 Å². The van der Waals surface area contributed by atoms with Crippen molar-refractivity contribution in [2.75, 3.05) is 13.2 Å². The van der Waals surface area contributed by atoms with Gasteiger partial charge in [-0.3, -0.25) is 4.79 Å². The molecule has 0 bridgehead atoms. The van der Waals surface area contributed by atoms with Crippen LogP contribution in [0.2, 0.25) is 0 Å². The molecule has 0 N–H and O–H groups in total. The Kier molecular flexibility index (Phi) is 7.87. The molecule has 32 heavy (non-hydrogen) atoms. The molecular formula is C27H32N2O3. The van der Waals surface area contributed by atoms with Crippen LogP contribution >= 0.6 is 0 Å². The van der Waals surface area contributed by atoms with Gasteiger partial charge in [0, 0.05) is 25.3 Å². The van der Waals surface area contributed by atoms with E-state index in [1.165, 1.54) is 5.56 Å². The molecule has 0 unspecified atom stereocenters. The van der Waals surface area contributed by atoms with Crippen molar-refractivity contribution in [3.05, 3.63) is 94.3 Å². The molecule has 0 aliphatic rings. The zero-order chi connectivity index (χ0) is 23.1. The number of hydrogen-bond acceptors (Lipinski definition) is 3. The largest absolute Gasteiger partial charge is 0.461 e.